The first-order valence-electron chi connectivity index (χ1n) is 4.14. The number of rotatable bonds is 3. The van der Waals surface area contributed by atoms with Gasteiger partial charge in [0.15, 0.2) is 0 Å². The number of nitrogens with two attached hydrogens (primary N) is 1. The van der Waals surface area contributed by atoms with Crippen LogP contribution in [0.4, 0.5) is 11.9 Å². The molecule has 2 aromatic rings. The van der Waals surface area contributed by atoms with Crippen molar-refractivity contribution < 1.29 is 0 Å². The molecule has 0 radical (unpaired) electrons. The largest absolute Gasteiger partial charge is 0.368 e. The molecule has 0 bridgehead atoms. The molecule has 7 heteroatoms. The first-order chi connectivity index (χ1) is 6.75. The monoisotopic (exact) mass is 193 g/mol. The summed E-state index contributed by atoms with van der Waals surface area (Å²) in [5.74, 6) is 0.793. The summed E-state index contributed by atoms with van der Waals surface area (Å²) in [5, 5.41) is 13.4. The van der Waals surface area contributed by atoms with Gasteiger partial charge >= 0.3 is 0 Å². The van der Waals surface area contributed by atoms with E-state index in [0.29, 0.717) is 18.4 Å². The topological polar surface area (TPSA) is 97.4 Å². The fraction of sp³-hybridized carbons (Fsp3) is 0.286. The second kappa shape index (κ2) is 3.36. The third-order valence-corrected chi connectivity index (χ3v) is 1.85. The van der Waals surface area contributed by atoms with Crippen LogP contribution in [0.25, 0.3) is 0 Å². The van der Waals surface area contributed by atoms with E-state index in [9.17, 15) is 0 Å². The Balaban J connectivity index is 1.98. The third kappa shape index (κ3) is 1.65. The number of aromatic nitrogens is 5. The normalized spacial score (nSPS) is 10.4. The van der Waals surface area contributed by atoms with Gasteiger partial charge < -0.3 is 11.1 Å². The number of anilines is 2. The zero-order valence-corrected chi connectivity index (χ0v) is 7.73. The second-order valence-corrected chi connectivity index (χ2v) is 2.84. The number of hydrogen-bond acceptors (Lipinski definition) is 5. The maximum atomic E-state index is 5.37. The minimum Gasteiger partial charge on any atom is -0.368 e. The van der Waals surface area contributed by atoms with Crippen molar-refractivity contribution in [3.8, 4) is 0 Å². The predicted molar refractivity (Wildman–Crippen MR) is 51.3 cm³/mol. The van der Waals surface area contributed by atoms with Crippen LogP contribution < -0.4 is 11.1 Å². The molecule has 0 atom stereocenters. The molecular formula is C7H11N7. The molecule has 7 nitrogen and oxygen atoms in total. The van der Waals surface area contributed by atoms with Gasteiger partial charge in [0.2, 0.25) is 11.9 Å². The summed E-state index contributed by atoms with van der Waals surface area (Å²) in [6.07, 6.45) is 1.74. The predicted octanol–water partition coefficient (Wildman–Crippen LogP) is -0.268. The third-order valence-electron chi connectivity index (χ3n) is 1.85. The van der Waals surface area contributed by atoms with Crippen LogP contribution in [0.5, 0.6) is 0 Å². The number of hydrogen-bond donors (Lipinski definition) is 3. The van der Waals surface area contributed by atoms with E-state index < -0.39 is 0 Å². The molecular weight excluding hydrogens is 182 g/mol. The Kier molecular flexibility index (Phi) is 2.05. The van der Waals surface area contributed by atoms with Gasteiger partial charge in [0.05, 0.1) is 12.2 Å². The van der Waals surface area contributed by atoms with Gasteiger partial charge in [0.1, 0.15) is 0 Å². The summed E-state index contributed by atoms with van der Waals surface area (Å²) < 4.78 is 1.78. The second-order valence-electron chi connectivity index (χ2n) is 2.84. The summed E-state index contributed by atoms with van der Waals surface area (Å²) >= 11 is 0. The Hall–Kier alpha value is -2.05. The zero-order valence-electron chi connectivity index (χ0n) is 7.73. The van der Waals surface area contributed by atoms with Crippen molar-refractivity contribution >= 4 is 11.9 Å². The van der Waals surface area contributed by atoms with Crippen LogP contribution in [0.2, 0.25) is 0 Å². The summed E-state index contributed by atoms with van der Waals surface area (Å²) in [6, 6.07) is 1.92. The smallest absolute Gasteiger partial charge is 0.243 e. The van der Waals surface area contributed by atoms with Gasteiger partial charge in [0.25, 0.3) is 0 Å². The van der Waals surface area contributed by atoms with Gasteiger partial charge in [0, 0.05) is 13.2 Å². The van der Waals surface area contributed by atoms with Gasteiger partial charge in [-0.05, 0) is 6.07 Å². The molecule has 0 aromatic carbocycles. The fourth-order valence-electron chi connectivity index (χ4n) is 1.10. The highest BCUT2D eigenvalue weighted by Gasteiger charge is 2.01. The quantitative estimate of drug-likeness (QED) is 0.623. The van der Waals surface area contributed by atoms with Crippen LogP contribution in [0.3, 0.4) is 0 Å². The Labute approximate surface area is 80.3 Å². The number of aromatic amines is 1. The minimum absolute atomic E-state index is 0.303. The molecule has 0 unspecified atom stereocenters. The Morgan fingerprint density at radius 2 is 2.50 bits per heavy atom. The standard InChI is InChI=1S/C7H11N7/c1-14-5(2-3-10-14)4-9-7-11-6(8)12-13-7/h2-3H,4H2,1H3,(H4,8,9,11,12,13). The molecule has 0 saturated carbocycles. The molecule has 0 aliphatic heterocycles. The van der Waals surface area contributed by atoms with Crippen molar-refractivity contribution in [1.82, 2.24) is 25.0 Å². The summed E-state index contributed by atoms with van der Waals surface area (Å²) in [6.45, 7) is 0.619. The maximum Gasteiger partial charge on any atom is 0.243 e. The first-order valence-corrected chi connectivity index (χ1v) is 4.14. The highest BCUT2D eigenvalue weighted by molar-refractivity contribution is 5.30. The van der Waals surface area contributed by atoms with Crippen LogP contribution in [0, 0.1) is 0 Å². The van der Waals surface area contributed by atoms with Gasteiger partial charge in [-0.1, -0.05) is 0 Å². The number of H-pyrrole nitrogens is 1. The van der Waals surface area contributed by atoms with E-state index in [1.54, 1.807) is 10.9 Å². The number of aryl methyl sites for hydroxylation is 1. The molecule has 0 fully saturated rings. The van der Waals surface area contributed by atoms with E-state index in [-0.39, 0.29) is 0 Å². The van der Waals surface area contributed by atoms with E-state index in [2.05, 4.69) is 25.6 Å². The van der Waals surface area contributed by atoms with Crippen molar-refractivity contribution in [3.05, 3.63) is 18.0 Å². The summed E-state index contributed by atoms with van der Waals surface area (Å²) in [4.78, 5) is 3.91. The van der Waals surface area contributed by atoms with Crippen LogP contribution in [0.15, 0.2) is 12.3 Å². The summed E-state index contributed by atoms with van der Waals surface area (Å²) in [5.41, 5.74) is 6.42. The lowest BCUT2D eigenvalue weighted by Gasteiger charge is -2.01. The number of nitrogens with zero attached hydrogens (tertiary/aromatic N) is 4. The SMILES string of the molecule is Cn1nccc1CNc1n[nH]c(N)n1. The van der Waals surface area contributed by atoms with Crippen LogP contribution in [-0.4, -0.2) is 25.0 Å². The lowest BCUT2D eigenvalue weighted by atomic mass is 10.4. The minimum atomic E-state index is 0.303. The van der Waals surface area contributed by atoms with Crippen LogP contribution >= 0.6 is 0 Å². The molecule has 0 aliphatic rings. The van der Waals surface area contributed by atoms with Gasteiger partial charge in [-0.3, -0.25) is 4.68 Å². The van der Waals surface area contributed by atoms with Crippen molar-refractivity contribution in [2.24, 2.45) is 7.05 Å². The lowest BCUT2D eigenvalue weighted by molar-refractivity contribution is 0.719. The molecule has 4 N–H and O–H groups in total. The Morgan fingerprint density at radius 3 is 3.07 bits per heavy atom. The molecule has 14 heavy (non-hydrogen) atoms. The fourth-order valence-corrected chi connectivity index (χ4v) is 1.10. The zero-order chi connectivity index (χ0) is 9.97. The average Bonchev–Trinajstić information content (AvgIpc) is 2.72. The van der Waals surface area contributed by atoms with E-state index in [0.717, 1.165) is 5.69 Å². The maximum absolute atomic E-state index is 5.37. The number of nitrogens with one attached hydrogen (secondary N) is 2. The van der Waals surface area contributed by atoms with Crippen molar-refractivity contribution in [1.29, 1.82) is 0 Å². The van der Waals surface area contributed by atoms with Crippen molar-refractivity contribution in [3.63, 3.8) is 0 Å². The van der Waals surface area contributed by atoms with Gasteiger partial charge in [-0.25, -0.2) is 5.10 Å². The van der Waals surface area contributed by atoms with E-state index in [1.165, 1.54) is 0 Å². The molecule has 2 heterocycles. The lowest BCUT2D eigenvalue weighted by Crippen LogP contribution is -2.06. The van der Waals surface area contributed by atoms with Gasteiger partial charge in [-0.2, -0.15) is 10.1 Å². The average molecular weight is 193 g/mol. The molecule has 2 rings (SSSR count). The highest BCUT2D eigenvalue weighted by Crippen LogP contribution is 2.02. The van der Waals surface area contributed by atoms with E-state index >= 15 is 0 Å². The Morgan fingerprint density at radius 1 is 1.64 bits per heavy atom. The molecule has 74 valence electrons. The van der Waals surface area contributed by atoms with Crippen LogP contribution in [0.1, 0.15) is 5.69 Å². The van der Waals surface area contributed by atoms with Crippen molar-refractivity contribution in [2.75, 3.05) is 11.1 Å². The van der Waals surface area contributed by atoms with Crippen molar-refractivity contribution in [2.45, 2.75) is 6.54 Å². The van der Waals surface area contributed by atoms with Crippen LogP contribution in [-0.2, 0) is 13.6 Å². The molecule has 0 spiro atoms. The van der Waals surface area contributed by atoms with E-state index in [1.807, 2.05) is 13.1 Å². The van der Waals surface area contributed by atoms with Gasteiger partial charge in [-0.15, -0.1) is 5.10 Å². The number of nitrogen functional groups attached to an aromatic ring is 1. The Bertz CT molecular complexity index is 415. The first kappa shape index (κ1) is 8.54. The highest BCUT2D eigenvalue weighted by atomic mass is 15.3. The summed E-state index contributed by atoms with van der Waals surface area (Å²) in [7, 11) is 1.88. The molecule has 0 saturated heterocycles. The molecule has 2 aromatic heterocycles. The van der Waals surface area contributed by atoms with E-state index in [4.69, 9.17) is 5.73 Å². The molecule has 0 aliphatic carbocycles. The molecule has 0 amide bonds.